The van der Waals surface area contributed by atoms with E-state index < -0.39 is 17.3 Å². The molecule has 5 nitrogen and oxygen atoms in total. The van der Waals surface area contributed by atoms with Crippen LogP contribution in [0.5, 0.6) is 0 Å². The molecule has 20 heavy (non-hydrogen) atoms. The van der Waals surface area contributed by atoms with Crippen molar-refractivity contribution in [3.8, 4) is 0 Å². The van der Waals surface area contributed by atoms with E-state index in [-0.39, 0.29) is 22.4 Å². The lowest BCUT2D eigenvalue weighted by molar-refractivity contribution is -0.149. The van der Waals surface area contributed by atoms with Crippen LogP contribution in [-0.2, 0) is 4.79 Å². The number of pyridine rings is 1. The number of halogens is 2. The van der Waals surface area contributed by atoms with E-state index in [1.165, 1.54) is 12.1 Å². The van der Waals surface area contributed by atoms with E-state index in [2.05, 4.69) is 10.3 Å². The van der Waals surface area contributed by atoms with Gasteiger partial charge in [0, 0.05) is 12.1 Å². The number of carbonyl (C=O) groups excluding carboxylic acids is 1. The lowest BCUT2D eigenvalue weighted by Gasteiger charge is -2.26. The second kappa shape index (κ2) is 6.90. The van der Waals surface area contributed by atoms with E-state index in [9.17, 15) is 14.7 Å². The molecule has 0 aliphatic rings. The Bertz CT molecular complexity index is 496. The molecule has 0 aliphatic carbocycles. The van der Waals surface area contributed by atoms with Gasteiger partial charge in [-0.2, -0.15) is 0 Å². The Morgan fingerprint density at radius 1 is 1.25 bits per heavy atom. The Labute approximate surface area is 127 Å². The number of aliphatic carboxylic acids is 1. The maximum absolute atomic E-state index is 12.0. The summed E-state index contributed by atoms with van der Waals surface area (Å²) in [5.74, 6) is -1.35. The molecule has 1 amide bonds. The van der Waals surface area contributed by atoms with Gasteiger partial charge in [0.25, 0.3) is 5.91 Å². The Morgan fingerprint density at radius 3 is 2.15 bits per heavy atom. The predicted molar refractivity (Wildman–Crippen MR) is 77.2 cm³/mol. The van der Waals surface area contributed by atoms with Gasteiger partial charge in [-0.3, -0.25) is 9.59 Å². The topological polar surface area (TPSA) is 79.3 Å². The summed E-state index contributed by atoms with van der Waals surface area (Å²) in [7, 11) is 0. The van der Waals surface area contributed by atoms with Crippen LogP contribution in [0.2, 0.25) is 10.3 Å². The van der Waals surface area contributed by atoms with Crippen molar-refractivity contribution < 1.29 is 14.7 Å². The minimum atomic E-state index is -0.962. The van der Waals surface area contributed by atoms with Crippen LogP contribution in [0.1, 0.15) is 37.0 Å². The summed E-state index contributed by atoms with van der Waals surface area (Å²) in [6.45, 7) is 3.61. The van der Waals surface area contributed by atoms with Crippen LogP contribution in [0, 0.1) is 5.41 Å². The minimum absolute atomic E-state index is 0.0473. The molecule has 7 heteroatoms. The smallest absolute Gasteiger partial charge is 0.311 e. The molecule has 0 saturated heterocycles. The fraction of sp³-hybridized carbons (Fsp3) is 0.462. The number of rotatable bonds is 6. The molecular weight excluding hydrogens is 303 g/mol. The molecule has 0 radical (unpaired) electrons. The molecule has 0 unspecified atom stereocenters. The number of nitrogens with zero attached hydrogens (tertiary/aromatic N) is 1. The average molecular weight is 319 g/mol. The van der Waals surface area contributed by atoms with Crippen molar-refractivity contribution in [3.05, 3.63) is 28.0 Å². The Morgan fingerprint density at radius 2 is 1.75 bits per heavy atom. The third-order valence-electron chi connectivity index (χ3n) is 3.42. The van der Waals surface area contributed by atoms with Gasteiger partial charge in [-0.05, 0) is 25.0 Å². The van der Waals surface area contributed by atoms with Crippen molar-refractivity contribution in [2.24, 2.45) is 5.41 Å². The molecule has 1 rings (SSSR count). The summed E-state index contributed by atoms with van der Waals surface area (Å²) in [4.78, 5) is 27.1. The quantitative estimate of drug-likeness (QED) is 0.790. The van der Waals surface area contributed by atoms with Gasteiger partial charge >= 0.3 is 5.97 Å². The molecular formula is C13H16Cl2N2O3. The Kier molecular flexibility index (Phi) is 5.77. The molecule has 0 fully saturated rings. The normalized spacial score (nSPS) is 11.2. The number of carboxylic acids is 1. The number of hydrogen-bond acceptors (Lipinski definition) is 3. The van der Waals surface area contributed by atoms with Crippen LogP contribution in [0.25, 0.3) is 0 Å². The fourth-order valence-electron chi connectivity index (χ4n) is 1.83. The maximum Gasteiger partial charge on any atom is 0.311 e. The van der Waals surface area contributed by atoms with Gasteiger partial charge in [0.05, 0.1) is 5.41 Å². The zero-order chi connectivity index (χ0) is 15.3. The first-order valence-electron chi connectivity index (χ1n) is 6.19. The summed E-state index contributed by atoms with van der Waals surface area (Å²) >= 11 is 11.4. The van der Waals surface area contributed by atoms with Crippen LogP contribution in [0.4, 0.5) is 0 Å². The molecule has 0 saturated carbocycles. The molecule has 0 aromatic carbocycles. The Balaban J connectivity index is 2.83. The van der Waals surface area contributed by atoms with Gasteiger partial charge in [0.15, 0.2) is 0 Å². The van der Waals surface area contributed by atoms with Crippen LogP contribution >= 0.6 is 23.2 Å². The van der Waals surface area contributed by atoms with E-state index in [1.807, 2.05) is 0 Å². The lowest BCUT2D eigenvalue weighted by atomic mass is 9.82. The van der Waals surface area contributed by atoms with Crippen molar-refractivity contribution in [1.82, 2.24) is 10.3 Å². The molecule has 1 aromatic heterocycles. The van der Waals surface area contributed by atoms with E-state index in [1.54, 1.807) is 13.8 Å². The van der Waals surface area contributed by atoms with E-state index in [4.69, 9.17) is 23.2 Å². The maximum atomic E-state index is 12.0. The zero-order valence-electron chi connectivity index (χ0n) is 11.2. The van der Waals surface area contributed by atoms with Gasteiger partial charge in [-0.25, -0.2) is 4.98 Å². The number of amides is 1. The second-order valence-electron chi connectivity index (χ2n) is 4.48. The highest BCUT2D eigenvalue weighted by Gasteiger charge is 2.35. The largest absolute Gasteiger partial charge is 0.481 e. The van der Waals surface area contributed by atoms with Gasteiger partial charge in [-0.15, -0.1) is 0 Å². The van der Waals surface area contributed by atoms with Gasteiger partial charge in [-0.1, -0.05) is 37.0 Å². The molecule has 110 valence electrons. The van der Waals surface area contributed by atoms with Crippen LogP contribution in [0.15, 0.2) is 12.1 Å². The van der Waals surface area contributed by atoms with E-state index in [0.717, 1.165) is 0 Å². The second-order valence-corrected chi connectivity index (χ2v) is 5.25. The van der Waals surface area contributed by atoms with Gasteiger partial charge < -0.3 is 10.4 Å². The van der Waals surface area contributed by atoms with E-state index in [0.29, 0.717) is 12.8 Å². The number of carbonyl (C=O) groups is 2. The van der Waals surface area contributed by atoms with Crippen molar-refractivity contribution in [2.75, 3.05) is 6.54 Å². The third-order valence-corrected chi connectivity index (χ3v) is 3.81. The third kappa shape index (κ3) is 3.84. The summed E-state index contributed by atoms with van der Waals surface area (Å²) < 4.78 is 0. The standard InChI is InChI=1S/C13H16Cl2N2O3/c1-3-13(4-2,12(19)20)7-16-11(18)8-5-9(14)17-10(15)6-8/h5-6H,3-4,7H2,1-2H3,(H,16,18)(H,19,20). The summed E-state index contributed by atoms with van der Waals surface area (Å²) in [5, 5.41) is 12.1. The van der Waals surface area contributed by atoms with E-state index >= 15 is 0 Å². The molecule has 0 spiro atoms. The highest BCUT2D eigenvalue weighted by Crippen LogP contribution is 2.26. The SMILES string of the molecule is CCC(CC)(CNC(=O)c1cc(Cl)nc(Cl)c1)C(=O)O. The molecule has 1 heterocycles. The summed E-state index contributed by atoms with van der Waals surface area (Å²) in [6.07, 6.45) is 0.855. The lowest BCUT2D eigenvalue weighted by Crippen LogP contribution is -2.42. The number of hydrogen-bond donors (Lipinski definition) is 2. The van der Waals surface area contributed by atoms with Gasteiger partial charge in [0.1, 0.15) is 10.3 Å². The van der Waals surface area contributed by atoms with Crippen molar-refractivity contribution >= 4 is 35.1 Å². The zero-order valence-corrected chi connectivity index (χ0v) is 12.8. The number of nitrogens with one attached hydrogen (secondary N) is 1. The molecule has 0 aliphatic heterocycles. The number of carboxylic acid groups (broad SMARTS) is 1. The van der Waals surface area contributed by atoms with Gasteiger partial charge in [0.2, 0.25) is 0 Å². The first kappa shape index (κ1) is 16.7. The van der Waals surface area contributed by atoms with Crippen LogP contribution in [0.3, 0.4) is 0 Å². The van der Waals surface area contributed by atoms with Crippen LogP contribution < -0.4 is 5.32 Å². The van der Waals surface area contributed by atoms with Crippen molar-refractivity contribution in [2.45, 2.75) is 26.7 Å². The fourth-order valence-corrected chi connectivity index (χ4v) is 2.29. The monoisotopic (exact) mass is 318 g/mol. The Hall–Kier alpha value is -1.33. The summed E-state index contributed by atoms with van der Waals surface area (Å²) in [5.41, 5.74) is -0.711. The highest BCUT2D eigenvalue weighted by atomic mass is 35.5. The molecule has 0 atom stereocenters. The van der Waals surface area contributed by atoms with Crippen molar-refractivity contribution in [1.29, 1.82) is 0 Å². The van der Waals surface area contributed by atoms with Crippen molar-refractivity contribution in [3.63, 3.8) is 0 Å². The van der Waals surface area contributed by atoms with Crippen LogP contribution in [-0.4, -0.2) is 28.5 Å². The summed E-state index contributed by atoms with van der Waals surface area (Å²) in [6, 6.07) is 2.76. The molecule has 0 bridgehead atoms. The molecule has 1 aromatic rings. The predicted octanol–water partition coefficient (Wildman–Crippen LogP) is 3.01. The first-order valence-corrected chi connectivity index (χ1v) is 6.95. The molecule has 2 N–H and O–H groups in total. The number of aromatic nitrogens is 1. The highest BCUT2D eigenvalue weighted by molar-refractivity contribution is 6.33. The first-order chi connectivity index (χ1) is 9.34. The average Bonchev–Trinajstić information content (AvgIpc) is 2.38. The minimum Gasteiger partial charge on any atom is -0.481 e.